The summed E-state index contributed by atoms with van der Waals surface area (Å²) >= 11 is 0. The molecule has 1 fully saturated rings. The quantitative estimate of drug-likeness (QED) is 0.132. The Morgan fingerprint density at radius 2 is 1.67 bits per heavy atom. The lowest BCUT2D eigenvalue weighted by Crippen LogP contribution is -2.05. The van der Waals surface area contributed by atoms with Crippen molar-refractivity contribution in [1.82, 2.24) is 0 Å². The van der Waals surface area contributed by atoms with Gasteiger partial charge in [0.05, 0.1) is 0 Å². The summed E-state index contributed by atoms with van der Waals surface area (Å²) < 4.78 is 0. The Kier molecular flexibility index (Phi) is 1.52. The second-order valence-electron chi connectivity index (χ2n) is 0.618. The van der Waals surface area contributed by atoms with Gasteiger partial charge in [-0.1, -0.05) is 0 Å². The second-order valence-corrected chi connectivity index (χ2v) is 0.618. The van der Waals surface area contributed by atoms with Crippen LogP contribution in [0.3, 0.4) is 0 Å². The largest absolute Gasteiger partial charge is 0.523 e. The number of hydrogen-bond donors (Lipinski definition) is 1. The molecule has 1 aliphatic heterocycles. The van der Waals surface area contributed by atoms with Crippen LogP contribution in [0.5, 0.6) is 0 Å². The van der Waals surface area contributed by atoms with Gasteiger partial charge in [0.25, 0.3) is 0 Å². The van der Waals surface area contributed by atoms with E-state index < -0.39 is 5.14 Å². The molecule has 1 N–H and O–H groups in total. The molecule has 0 aromatic carbocycles. The van der Waals surface area contributed by atoms with Gasteiger partial charge in [0, 0.05) is 0 Å². The Balaban J connectivity index is 0.000000250. The molecule has 0 saturated carbocycles. The predicted octanol–water partition coefficient (Wildman–Crippen LogP) is -1.70. The van der Waals surface area contributed by atoms with Gasteiger partial charge in [-0.15, -0.1) is 5.21 Å². The molecule has 36 valence electrons. The van der Waals surface area contributed by atoms with Gasteiger partial charge in [-0.3, -0.25) is 0 Å². The van der Waals surface area contributed by atoms with Crippen LogP contribution in [0.4, 0.5) is 0 Å². The molecule has 1 heterocycles. The molecule has 0 aliphatic carbocycles. The summed E-state index contributed by atoms with van der Waals surface area (Å²) in [4.78, 5) is 6.67. The van der Waals surface area contributed by atoms with Crippen molar-refractivity contribution in [3.05, 3.63) is 5.21 Å². The zero-order valence-corrected chi connectivity index (χ0v) is 2.12. The Labute approximate surface area is 43.8 Å². The maximum Gasteiger partial charge on any atom is 0.187 e. The van der Waals surface area contributed by atoms with Crippen molar-refractivity contribution in [3.8, 4) is 0 Å². The highest BCUT2D eigenvalue weighted by Crippen LogP contribution is 2.16. The van der Waals surface area contributed by atoms with E-state index in [-0.39, 0.29) is 17.4 Å². The average molecular weight is 109 g/mol. The Hall–Kier alpha value is 0.332. The first-order chi connectivity index (χ1) is 2.21. The molecule has 0 radical (unpaired) electrons. The van der Waals surface area contributed by atoms with Crippen molar-refractivity contribution in [2.24, 2.45) is 0 Å². The summed E-state index contributed by atoms with van der Waals surface area (Å²) in [6, 6.07) is 0. The summed E-state index contributed by atoms with van der Waals surface area (Å²) in [5, 5.41) is 14.8. The van der Waals surface area contributed by atoms with Crippen LogP contribution in [0, 0.1) is 5.21 Å². The third kappa shape index (κ3) is 1.69. The molecule has 6 heteroatoms. The van der Waals surface area contributed by atoms with E-state index >= 15 is 0 Å². The highest BCUT2D eigenvalue weighted by Gasteiger charge is 2.42. The van der Waals surface area contributed by atoms with Gasteiger partial charge >= 0.3 is 0 Å². The third-order valence-corrected chi connectivity index (χ3v) is 0.202. The minimum Gasteiger partial charge on any atom is -0.523 e. The number of quaternary nitrogens is 1. The van der Waals surface area contributed by atoms with Crippen LogP contribution in [0.2, 0.25) is 0 Å². The topological polar surface area (TPSA) is 68.3 Å². The molecule has 0 aromatic rings. The molecule has 5 nitrogen and oxygen atoms in total. The summed E-state index contributed by atoms with van der Waals surface area (Å²) in [5.41, 5.74) is 0. The molecule has 6 heavy (non-hydrogen) atoms. The fourth-order valence-electron chi connectivity index (χ4n) is 0.0285. The van der Waals surface area contributed by atoms with E-state index in [2.05, 4.69) is 9.98 Å². The van der Waals surface area contributed by atoms with Gasteiger partial charge in [-0.05, 0) is 0 Å². The highest BCUT2D eigenvalue weighted by atomic mass is 27.0. The van der Waals surface area contributed by atoms with Gasteiger partial charge in [0.1, 0.15) is 9.98 Å². The molecule has 0 unspecified atom stereocenters. The van der Waals surface area contributed by atoms with Gasteiger partial charge in [0.15, 0.2) is 22.5 Å². The van der Waals surface area contributed by atoms with Gasteiger partial charge in [-0.2, -0.15) is 0 Å². The van der Waals surface area contributed by atoms with Crippen molar-refractivity contribution >= 4 is 17.4 Å². The lowest BCUT2D eigenvalue weighted by atomic mass is 12.9. The third-order valence-electron chi connectivity index (χ3n) is 0.202. The van der Waals surface area contributed by atoms with E-state index in [1.807, 2.05) is 0 Å². The maximum atomic E-state index is 9.26. The van der Waals surface area contributed by atoms with Crippen LogP contribution in [-0.4, -0.2) is 27.7 Å². The molecule has 0 bridgehead atoms. The Morgan fingerprint density at radius 3 is 1.67 bits per heavy atom. The minimum absolute atomic E-state index is 0. The van der Waals surface area contributed by atoms with E-state index in [0.717, 1.165) is 0 Å². The maximum absolute atomic E-state index is 9.26. The molecular formula is H4AlNO4. The van der Waals surface area contributed by atoms with Crippen LogP contribution in [-0.2, 0) is 9.98 Å². The predicted molar refractivity (Wildman–Crippen MR) is 17.5 cm³/mol. The lowest BCUT2D eigenvalue weighted by Gasteiger charge is -1.85. The fourth-order valence-corrected chi connectivity index (χ4v) is 0.0285. The zero-order chi connectivity index (χ0) is 3.91. The summed E-state index contributed by atoms with van der Waals surface area (Å²) in [6.07, 6.45) is 0. The van der Waals surface area contributed by atoms with E-state index in [0.29, 0.717) is 0 Å². The number of rotatable bonds is 0. The smallest absolute Gasteiger partial charge is 0.187 e. The molecular weight excluding hydrogens is 105 g/mol. The molecule has 1 rings (SSSR count). The van der Waals surface area contributed by atoms with Crippen molar-refractivity contribution < 1.29 is 20.3 Å². The minimum atomic E-state index is -2.00. The fraction of sp³-hybridized carbons (Fsp3) is 0. The van der Waals surface area contributed by atoms with E-state index in [1.54, 1.807) is 0 Å². The summed E-state index contributed by atoms with van der Waals surface area (Å²) in [6.45, 7) is 0. The van der Waals surface area contributed by atoms with Crippen molar-refractivity contribution in [2.75, 3.05) is 0 Å². The Morgan fingerprint density at radius 1 is 1.50 bits per heavy atom. The summed E-state index contributed by atoms with van der Waals surface area (Å²) in [5.74, 6) is 0. The van der Waals surface area contributed by atoms with Crippen LogP contribution in [0.1, 0.15) is 0 Å². The van der Waals surface area contributed by atoms with Crippen molar-refractivity contribution in [1.29, 1.82) is 0 Å². The molecule has 1 aliphatic rings. The normalized spacial score (nSPS) is 25.0. The SMILES string of the molecule is [AlH3].[O-][N+]1(O)OO1. The highest BCUT2D eigenvalue weighted by molar-refractivity contribution is 5.75. The lowest BCUT2D eigenvalue weighted by molar-refractivity contribution is -1.11. The molecule has 0 atom stereocenters. The number of hydrogen-bond acceptors (Lipinski definition) is 4. The van der Waals surface area contributed by atoms with Gasteiger partial charge in [-0.25, -0.2) is 0 Å². The van der Waals surface area contributed by atoms with Crippen LogP contribution >= 0.6 is 0 Å². The molecule has 0 spiro atoms. The van der Waals surface area contributed by atoms with Crippen molar-refractivity contribution in [3.63, 3.8) is 0 Å². The Bertz CT molecular complexity index is 45.5. The number of nitrogens with zero attached hydrogens (tertiary/aromatic N) is 1. The monoisotopic (exact) mass is 109 g/mol. The summed E-state index contributed by atoms with van der Waals surface area (Å²) in [7, 11) is 0. The van der Waals surface area contributed by atoms with Crippen molar-refractivity contribution in [2.45, 2.75) is 0 Å². The average Bonchev–Trinajstić information content (AvgIpc) is 1.76. The van der Waals surface area contributed by atoms with E-state index in [4.69, 9.17) is 5.21 Å². The zero-order valence-electron chi connectivity index (χ0n) is 2.12. The van der Waals surface area contributed by atoms with Crippen LogP contribution in [0.25, 0.3) is 0 Å². The molecule has 0 aromatic heterocycles. The van der Waals surface area contributed by atoms with Gasteiger partial charge < -0.3 is 5.21 Å². The first-order valence-corrected chi connectivity index (χ1v) is 0.914. The standard InChI is InChI=1S/Al.HNO4.3H/c;2-1(3)4-5-1;;;/h;2H;;;. The van der Waals surface area contributed by atoms with Crippen LogP contribution < -0.4 is 0 Å². The van der Waals surface area contributed by atoms with E-state index in [9.17, 15) is 5.21 Å². The van der Waals surface area contributed by atoms with Crippen LogP contribution in [0.15, 0.2) is 0 Å². The molecule has 1 saturated heterocycles. The first-order valence-electron chi connectivity index (χ1n) is 0.914. The van der Waals surface area contributed by atoms with Gasteiger partial charge in [0.2, 0.25) is 0 Å². The first kappa shape index (κ1) is 6.33. The second kappa shape index (κ2) is 1.44. The van der Waals surface area contributed by atoms with E-state index in [1.165, 1.54) is 0 Å². The molecule has 0 amide bonds.